The van der Waals surface area contributed by atoms with Gasteiger partial charge in [0.25, 0.3) is 0 Å². The summed E-state index contributed by atoms with van der Waals surface area (Å²) < 4.78 is 0. The van der Waals surface area contributed by atoms with Crippen LogP contribution in [0.4, 0.5) is 0 Å². The van der Waals surface area contributed by atoms with Crippen molar-refractivity contribution in [2.75, 3.05) is 6.61 Å². The molecule has 1 N–H and O–H groups in total. The van der Waals surface area contributed by atoms with E-state index < -0.39 is 0 Å². The zero-order valence-electron chi connectivity index (χ0n) is 9.18. The molecule has 1 nitrogen and oxygen atoms in total. The van der Waals surface area contributed by atoms with Crippen LogP contribution in [-0.4, -0.2) is 11.7 Å². The Morgan fingerprint density at radius 1 is 1.15 bits per heavy atom. The summed E-state index contributed by atoms with van der Waals surface area (Å²) in [4.78, 5) is 0. The fraction of sp³-hybridized carbons (Fsp3) is 1.00. The summed E-state index contributed by atoms with van der Waals surface area (Å²) in [6, 6.07) is 0. The maximum absolute atomic E-state index is 9.44. The Bertz CT molecular complexity index is 124. The molecule has 0 aromatic rings. The monoisotopic (exact) mass is 184 g/mol. The molecule has 0 unspecified atom stereocenters. The maximum atomic E-state index is 9.44. The first kappa shape index (κ1) is 11.0. The molecule has 0 amide bonds. The van der Waals surface area contributed by atoms with Crippen molar-refractivity contribution in [1.82, 2.24) is 0 Å². The summed E-state index contributed by atoms with van der Waals surface area (Å²) >= 11 is 0. The Morgan fingerprint density at radius 2 is 1.69 bits per heavy atom. The van der Waals surface area contributed by atoms with Gasteiger partial charge in [-0.05, 0) is 30.6 Å². The summed E-state index contributed by atoms with van der Waals surface area (Å²) in [6.07, 6.45) is 9.17. The second-order valence-corrected chi connectivity index (χ2v) is 4.72. The van der Waals surface area contributed by atoms with Crippen LogP contribution < -0.4 is 0 Å². The van der Waals surface area contributed by atoms with Gasteiger partial charge in [0.05, 0.1) is 0 Å². The van der Waals surface area contributed by atoms with Gasteiger partial charge < -0.3 is 5.11 Å². The second-order valence-electron chi connectivity index (χ2n) is 4.72. The Balaban J connectivity index is 2.44. The lowest BCUT2D eigenvalue weighted by atomic mass is 9.75. The van der Waals surface area contributed by atoms with E-state index in [0.29, 0.717) is 6.61 Å². The van der Waals surface area contributed by atoms with Crippen LogP contribution in [0.15, 0.2) is 0 Å². The summed E-state index contributed by atoms with van der Waals surface area (Å²) in [5.74, 6) is 0.909. The molecule has 0 aliphatic heterocycles. The molecule has 1 rings (SSSR count). The van der Waals surface area contributed by atoms with Crippen molar-refractivity contribution in [3.8, 4) is 0 Å². The van der Waals surface area contributed by atoms with Crippen molar-refractivity contribution in [1.29, 1.82) is 0 Å². The van der Waals surface area contributed by atoms with E-state index in [4.69, 9.17) is 0 Å². The zero-order chi connectivity index (χ0) is 9.73. The smallest absolute Gasteiger partial charge is 0.0487 e. The lowest BCUT2D eigenvalue weighted by Gasteiger charge is -2.32. The van der Waals surface area contributed by atoms with Gasteiger partial charge in [0.15, 0.2) is 0 Å². The van der Waals surface area contributed by atoms with Crippen LogP contribution in [0.3, 0.4) is 0 Å². The molecule has 1 fully saturated rings. The first-order chi connectivity index (χ1) is 6.26. The summed E-state index contributed by atoms with van der Waals surface area (Å²) in [6.45, 7) is 4.82. The molecule has 1 aliphatic rings. The summed E-state index contributed by atoms with van der Waals surface area (Å²) in [5, 5.41) is 9.44. The van der Waals surface area contributed by atoms with Crippen LogP contribution in [0.25, 0.3) is 0 Å². The van der Waals surface area contributed by atoms with Crippen LogP contribution >= 0.6 is 0 Å². The molecule has 0 aromatic carbocycles. The number of rotatable bonds is 5. The van der Waals surface area contributed by atoms with E-state index >= 15 is 0 Å². The molecular formula is C12H24O. The van der Waals surface area contributed by atoms with Crippen LogP contribution in [0.2, 0.25) is 0 Å². The van der Waals surface area contributed by atoms with Crippen LogP contribution in [0.5, 0.6) is 0 Å². The molecule has 1 aliphatic carbocycles. The van der Waals surface area contributed by atoms with Gasteiger partial charge in [0.2, 0.25) is 0 Å². The van der Waals surface area contributed by atoms with E-state index in [2.05, 4.69) is 13.8 Å². The average molecular weight is 184 g/mol. The zero-order valence-corrected chi connectivity index (χ0v) is 9.18. The van der Waals surface area contributed by atoms with Crippen molar-refractivity contribution in [3.63, 3.8) is 0 Å². The van der Waals surface area contributed by atoms with E-state index in [9.17, 15) is 5.11 Å². The standard InChI is InChI=1S/C12H24O/c1-3-12(4-2,10-13)9-11-7-5-6-8-11/h11,13H,3-10H2,1-2H3. The number of hydrogen-bond acceptors (Lipinski definition) is 1. The van der Waals surface area contributed by atoms with Gasteiger partial charge in [-0.3, -0.25) is 0 Å². The van der Waals surface area contributed by atoms with E-state index in [0.717, 1.165) is 18.8 Å². The molecule has 0 saturated heterocycles. The van der Waals surface area contributed by atoms with Crippen molar-refractivity contribution >= 4 is 0 Å². The largest absolute Gasteiger partial charge is 0.396 e. The lowest BCUT2D eigenvalue weighted by molar-refractivity contribution is 0.0869. The average Bonchev–Trinajstić information content (AvgIpc) is 2.67. The topological polar surface area (TPSA) is 20.2 Å². The van der Waals surface area contributed by atoms with Gasteiger partial charge in [0.1, 0.15) is 0 Å². The molecule has 1 saturated carbocycles. The highest BCUT2D eigenvalue weighted by molar-refractivity contribution is 4.81. The van der Waals surface area contributed by atoms with Crippen LogP contribution in [0.1, 0.15) is 58.8 Å². The molecule has 0 aromatic heterocycles. The third-order valence-electron chi connectivity index (χ3n) is 4.03. The normalized spacial score (nSPS) is 19.6. The quantitative estimate of drug-likeness (QED) is 0.694. The Labute approximate surface area is 82.5 Å². The van der Waals surface area contributed by atoms with Crippen molar-refractivity contribution in [2.45, 2.75) is 58.8 Å². The highest BCUT2D eigenvalue weighted by Crippen LogP contribution is 2.39. The molecular weight excluding hydrogens is 160 g/mol. The lowest BCUT2D eigenvalue weighted by Crippen LogP contribution is -2.26. The molecule has 0 radical (unpaired) electrons. The van der Waals surface area contributed by atoms with E-state index in [1.807, 2.05) is 0 Å². The molecule has 1 heteroatoms. The first-order valence-corrected chi connectivity index (χ1v) is 5.87. The molecule has 0 spiro atoms. The predicted octanol–water partition coefficient (Wildman–Crippen LogP) is 3.37. The first-order valence-electron chi connectivity index (χ1n) is 5.87. The molecule has 13 heavy (non-hydrogen) atoms. The van der Waals surface area contributed by atoms with Gasteiger partial charge in [-0.15, -0.1) is 0 Å². The van der Waals surface area contributed by atoms with Crippen LogP contribution in [0, 0.1) is 11.3 Å². The van der Waals surface area contributed by atoms with E-state index in [-0.39, 0.29) is 5.41 Å². The predicted molar refractivity (Wildman–Crippen MR) is 56.7 cm³/mol. The highest BCUT2D eigenvalue weighted by Gasteiger charge is 2.30. The molecule has 78 valence electrons. The van der Waals surface area contributed by atoms with E-state index in [1.54, 1.807) is 0 Å². The minimum absolute atomic E-state index is 0.245. The Kier molecular flexibility index (Phi) is 4.24. The molecule has 0 bridgehead atoms. The van der Waals surface area contributed by atoms with Crippen molar-refractivity contribution in [3.05, 3.63) is 0 Å². The highest BCUT2D eigenvalue weighted by atomic mass is 16.3. The van der Waals surface area contributed by atoms with Gasteiger partial charge in [0, 0.05) is 6.61 Å². The summed E-state index contributed by atoms with van der Waals surface area (Å²) in [7, 11) is 0. The fourth-order valence-electron chi connectivity index (χ4n) is 2.65. The van der Waals surface area contributed by atoms with Crippen LogP contribution in [-0.2, 0) is 0 Å². The minimum Gasteiger partial charge on any atom is -0.396 e. The van der Waals surface area contributed by atoms with Crippen molar-refractivity contribution in [2.24, 2.45) is 11.3 Å². The Hall–Kier alpha value is -0.0400. The SMILES string of the molecule is CCC(CC)(CO)CC1CCCC1. The van der Waals surface area contributed by atoms with Gasteiger partial charge >= 0.3 is 0 Å². The van der Waals surface area contributed by atoms with Gasteiger partial charge in [-0.25, -0.2) is 0 Å². The third-order valence-corrected chi connectivity index (χ3v) is 4.03. The van der Waals surface area contributed by atoms with Gasteiger partial charge in [-0.2, -0.15) is 0 Å². The fourth-order valence-corrected chi connectivity index (χ4v) is 2.65. The molecule has 0 atom stereocenters. The third kappa shape index (κ3) is 2.70. The number of hydrogen-bond donors (Lipinski definition) is 1. The number of aliphatic hydroxyl groups excluding tert-OH is 1. The van der Waals surface area contributed by atoms with E-state index in [1.165, 1.54) is 32.1 Å². The maximum Gasteiger partial charge on any atom is 0.0487 e. The number of aliphatic hydroxyl groups is 1. The van der Waals surface area contributed by atoms with Crippen molar-refractivity contribution < 1.29 is 5.11 Å². The molecule has 0 heterocycles. The summed E-state index contributed by atoms with van der Waals surface area (Å²) in [5.41, 5.74) is 0.245. The Morgan fingerprint density at radius 3 is 2.08 bits per heavy atom. The van der Waals surface area contributed by atoms with Gasteiger partial charge in [-0.1, -0.05) is 39.5 Å². The minimum atomic E-state index is 0.245. The second kappa shape index (κ2) is 4.99.